The van der Waals surface area contributed by atoms with Crippen molar-refractivity contribution in [3.63, 3.8) is 0 Å². The van der Waals surface area contributed by atoms with Crippen LogP contribution in [0.2, 0.25) is 25.5 Å². The molecule has 0 amide bonds. The molecule has 1 fully saturated rings. The number of halogens is 9. The minimum absolute atomic E-state index is 0. The fourth-order valence-electron chi connectivity index (χ4n) is 11.7. The van der Waals surface area contributed by atoms with Gasteiger partial charge in [-0.2, -0.15) is 0 Å². The van der Waals surface area contributed by atoms with E-state index in [2.05, 4.69) is 164 Å². The Morgan fingerprint density at radius 1 is 0.574 bits per heavy atom. The van der Waals surface area contributed by atoms with Gasteiger partial charge >= 0.3 is 36.7 Å². The topological polar surface area (TPSA) is 398 Å². The van der Waals surface area contributed by atoms with E-state index in [-0.39, 0.29) is 79.5 Å². The molecule has 0 radical (unpaired) electrons. The number of anilines is 1. The summed E-state index contributed by atoms with van der Waals surface area (Å²) in [6.07, 6.45) is 16.1. The molecule has 0 unspecified atom stereocenters. The fourth-order valence-corrected chi connectivity index (χ4v) is 15.7. The maximum atomic E-state index is 12.8. The van der Waals surface area contributed by atoms with Gasteiger partial charge in [0.25, 0.3) is 26.7 Å². The van der Waals surface area contributed by atoms with E-state index in [4.69, 9.17) is 84.6 Å². The van der Waals surface area contributed by atoms with Gasteiger partial charge in [0.15, 0.2) is 11.3 Å². The van der Waals surface area contributed by atoms with Gasteiger partial charge in [-0.1, -0.05) is 172 Å². The van der Waals surface area contributed by atoms with Crippen molar-refractivity contribution in [3.05, 3.63) is 293 Å². The van der Waals surface area contributed by atoms with Gasteiger partial charge in [0.1, 0.15) is 48.7 Å². The van der Waals surface area contributed by atoms with E-state index in [9.17, 15) is 31.2 Å². The zero-order chi connectivity index (χ0) is 86.0. The summed E-state index contributed by atoms with van der Waals surface area (Å²) in [5.74, 6) is 0.620. The second-order valence-electron chi connectivity index (χ2n) is 28.3. The Kier molecular flexibility index (Phi) is 37.2. The predicted molar refractivity (Wildman–Crippen MR) is 497 cm³/mol. The van der Waals surface area contributed by atoms with Crippen LogP contribution in [0.5, 0.6) is 0 Å². The number of H-pyrrole nitrogens is 2. The predicted octanol–water partition coefficient (Wildman–Crippen LogP) is 14.7. The third-order valence-corrected chi connectivity index (χ3v) is 24.7. The number of rotatable bonds is 9. The monoisotopic (exact) mass is 1970 g/mol. The standard InChI is InChI=1S/C15H13BrN2O3S.C14H19BN2O3.C14H11Cl2N3.C14H13ClN4.C8H7BrN2O.C8H9Cl.C7H4Cl2N2.C2H5ClO2S.H3N.Na.2H2O/c1-10-3-5-11(6-4-10)22(20,21)18-8-7-12-13(16)9-17(2)15(19)14(12)18;1-13(2)14(3,4)20-15(19-13)10-8-17(5)12(18)11-9(10)6-7-16-11;1-9-2-4-10(5-3-9)7-19-8-17-13-11(15)6-12(16)18-14(13)19;1-9-2-4-10(5-3-9)7-19-8-17-13-11(16)6-12(15)18-14(13)19;1-11-4-6(9)5-2-3-10-7(5)8(11)12;1-7-2-4-8(6-9)5-3-7;8-4-3-6(9)11-5-1-2-10-7(4)5;1-2-6(3,4)5;;;;/h3-9H,1-2H3;6-8,16H,1-5H3;2-6,8H,7H2,1H3;2-6,8H,7H2,1H3,(H2,16,18);2-4,10H,1H3;2-5H,6H2,1H3;2-3H,1H2;2H2,1H3;1H3;;2*1H2/q;;;;;;;;;+1;;/p-1. The second-order valence-corrected chi connectivity index (χ2v) is 37.1. The first-order valence-electron chi connectivity index (χ1n) is 36.2. The Bertz CT molecular complexity index is 6490. The van der Waals surface area contributed by atoms with Gasteiger partial charge in [-0.25, -0.2) is 45.7 Å². The molecule has 27 nitrogen and oxygen atoms in total. The number of hydrogen-bond donors (Lipinski definition) is 4. The van der Waals surface area contributed by atoms with Crippen LogP contribution in [0.1, 0.15) is 79.3 Å². The normalized spacial score (nSPS) is 12.6. The largest absolute Gasteiger partial charge is 1.00 e. The van der Waals surface area contributed by atoms with Gasteiger partial charge in [-0.3, -0.25) is 19.4 Å². The van der Waals surface area contributed by atoms with Crippen molar-refractivity contribution in [2.45, 2.75) is 104 Å². The zero-order valence-corrected chi connectivity index (χ0v) is 80.6. The first-order valence-corrected chi connectivity index (χ1v) is 44.1. The molecule has 10 N–H and O–H groups in total. The molecule has 0 aliphatic carbocycles. The summed E-state index contributed by atoms with van der Waals surface area (Å²) in [5.41, 5.74) is 20.2. The van der Waals surface area contributed by atoms with Gasteiger partial charge in [-0.05, 0) is 146 Å². The maximum absolute atomic E-state index is 12.8. The number of aromatic amines is 2. The number of aromatic nitrogens is 13. The SMILES string of the molecule is CCS(=O)(=O)Cl.Cc1ccc(CCl)cc1.Cc1ccc(Cn2cnc3c(Cl)cc(Cl)nc32)cc1.Cc1ccc(Cn2cnc3c(N)cc(Cl)nc32)cc1.Cc1ccc(S(=O)(=O)n2ccc3c(Br)cn(C)c(=O)c32)cc1.Clc1cc(Cl)c2c(n1)CC=N2.Cn1cc(B2OC(C)(C)C(C)(C)O2)c2cc[nH]c2c1=O.Cn1cc(Br)c2cc[nH]c2c1=O.N.O.[Na+].[OH-]. The molecule has 0 spiro atoms. The van der Waals surface area contributed by atoms with Crippen LogP contribution in [0.15, 0.2) is 217 Å². The molecule has 13 heterocycles. The van der Waals surface area contributed by atoms with E-state index in [1.54, 1.807) is 129 Å². The minimum atomic E-state index is -3.81. The van der Waals surface area contributed by atoms with Crippen molar-refractivity contribution in [2.24, 2.45) is 26.1 Å². The Balaban J connectivity index is 0.000000220. The van der Waals surface area contributed by atoms with Crippen LogP contribution in [0.25, 0.3) is 55.0 Å². The number of alkyl halides is 1. The van der Waals surface area contributed by atoms with Crippen LogP contribution in [0.4, 0.5) is 11.4 Å². The van der Waals surface area contributed by atoms with E-state index < -0.39 is 37.4 Å². The molecule has 640 valence electrons. The molecule has 122 heavy (non-hydrogen) atoms. The van der Waals surface area contributed by atoms with E-state index in [1.165, 1.54) is 51.1 Å². The number of benzene rings is 4. The van der Waals surface area contributed by atoms with Gasteiger partial charge in [-0.15, -0.1) is 11.6 Å². The number of nitrogens with two attached hydrogens (primary N) is 1. The first-order chi connectivity index (χ1) is 55.7. The molecule has 1 saturated heterocycles. The maximum Gasteiger partial charge on any atom is 1.00 e. The Labute approximate surface area is 778 Å². The van der Waals surface area contributed by atoms with Gasteiger partial charge in [0.2, 0.25) is 9.05 Å². The van der Waals surface area contributed by atoms with Crippen LogP contribution >= 0.6 is 112 Å². The van der Waals surface area contributed by atoms with Crippen LogP contribution in [-0.4, -0.2) is 120 Å². The van der Waals surface area contributed by atoms with Gasteiger partial charge in [0, 0.05) is 124 Å². The number of imidazole rings is 2. The summed E-state index contributed by atoms with van der Waals surface area (Å²) in [7, 11) is 2.27. The summed E-state index contributed by atoms with van der Waals surface area (Å²) in [4.78, 5) is 67.2. The second kappa shape index (κ2) is 44.2. The van der Waals surface area contributed by atoms with E-state index in [0.717, 1.165) is 48.0 Å². The minimum Gasteiger partial charge on any atom is -0.870 e. The van der Waals surface area contributed by atoms with Crippen molar-refractivity contribution in [1.82, 2.24) is 67.8 Å². The molecule has 0 bridgehead atoms. The number of nitrogens with one attached hydrogen (secondary N) is 2. The average molecular weight is 1980 g/mol. The Hall–Kier alpha value is -8.04. The fraction of sp³-hybridized carbons (Fsp3) is 0.232. The van der Waals surface area contributed by atoms with E-state index in [1.807, 2.05) is 68.0 Å². The van der Waals surface area contributed by atoms with Crippen LogP contribution in [0.3, 0.4) is 0 Å². The van der Waals surface area contributed by atoms with Crippen molar-refractivity contribution in [3.8, 4) is 0 Å². The summed E-state index contributed by atoms with van der Waals surface area (Å²) in [6.45, 7) is 19.0. The molecule has 15 aromatic rings. The number of pyridine rings is 6. The van der Waals surface area contributed by atoms with Crippen molar-refractivity contribution in [2.75, 3.05) is 11.5 Å². The smallest absolute Gasteiger partial charge is 0.870 e. The van der Waals surface area contributed by atoms with E-state index in [0.29, 0.717) is 93.4 Å². The number of aliphatic imine (C=N–C) groups is 1. The summed E-state index contributed by atoms with van der Waals surface area (Å²) >= 11 is 41.8. The number of hydrogen-bond acceptors (Lipinski definition) is 18. The van der Waals surface area contributed by atoms with Gasteiger partial charge in [0.05, 0.1) is 69.0 Å². The van der Waals surface area contributed by atoms with Crippen molar-refractivity contribution < 1.29 is 66.7 Å². The zero-order valence-electron chi connectivity index (χ0n) is 68.5. The van der Waals surface area contributed by atoms with Crippen molar-refractivity contribution in [1.29, 1.82) is 0 Å². The Morgan fingerprint density at radius 3 is 1.49 bits per heavy atom. The third-order valence-electron chi connectivity index (χ3n) is 18.9. The van der Waals surface area contributed by atoms with Crippen molar-refractivity contribution >= 4 is 216 Å². The summed E-state index contributed by atoms with van der Waals surface area (Å²) in [6, 6.07) is 41.7. The first kappa shape index (κ1) is 103. The molecule has 2 aliphatic heterocycles. The number of fused-ring (bicyclic) bond motifs is 6. The molecule has 4 aromatic carbocycles. The number of nitrogen functional groups attached to an aromatic ring is 1. The molecule has 17 rings (SSSR count). The van der Waals surface area contributed by atoms with Crippen LogP contribution in [-0.2, 0) is 74.9 Å². The third kappa shape index (κ3) is 25.4. The number of nitrogens with zero attached hydrogens (tertiary/aromatic N) is 12. The molecule has 40 heteroatoms. The number of aryl methyl sites for hydroxylation is 7. The summed E-state index contributed by atoms with van der Waals surface area (Å²) < 4.78 is 68.2. The molecule has 0 saturated carbocycles. The van der Waals surface area contributed by atoms with Crippen LogP contribution < -0.4 is 63.6 Å². The van der Waals surface area contributed by atoms with E-state index >= 15 is 0 Å². The molecular formula is C82H87BBr2Cl7N16NaO11S2. The van der Waals surface area contributed by atoms with Gasteiger partial charge < -0.3 is 64.9 Å². The molecule has 11 aromatic heterocycles. The Morgan fingerprint density at radius 2 is 0.992 bits per heavy atom. The molecule has 2 aliphatic rings. The summed E-state index contributed by atoms with van der Waals surface area (Å²) in [5, 5.41) is 4.65. The quantitative estimate of drug-likeness (QED) is 0.0451. The molecule has 0 atom stereocenters. The molecular weight excluding hydrogens is 1890 g/mol. The average Bonchev–Trinajstić information content (AvgIpc) is 1.61. The van der Waals surface area contributed by atoms with Crippen LogP contribution in [0, 0.1) is 27.7 Å².